The molecule has 1 N–H and O–H groups in total. The molecule has 1 heterocycles. The first-order valence-electron chi connectivity index (χ1n) is 10.6. The van der Waals surface area contributed by atoms with E-state index in [1.165, 1.54) is 0 Å². The minimum atomic E-state index is -0.789. The van der Waals surface area contributed by atoms with Gasteiger partial charge in [0.2, 0.25) is 5.78 Å². The number of hydrogen-bond acceptors (Lipinski definition) is 5. The number of hydrogen-bond donors (Lipinski definition) is 1. The van der Waals surface area contributed by atoms with E-state index in [1.54, 1.807) is 50.4 Å². The minimum absolute atomic E-state index is 0.0636. The van der Waals surface area contributed by atoms with Crippen molar-refractivity contribution in [1.29, 1.82) is 0 Å². The van der Waals surface area contributed by atoms with Gasteiger partial charge in [-0.1, -0.05) is 24.3 Å². The zero-order valence-electron chi connectivity index (χ0n) is 19.0. The molecule has 0 aliphatic rings. The van der Waals surface area contributed by atoms with Crippen LogP contribution in [0.15, 0.2) is 71.1 Å². The lowest BCUT2D eigenvalue weighted by molar-refractivity contribution is -0.122. The normalized spacial score (nSPS) is 11.8. The number of aryl methyl sites for hydroxylation is 1. The Kier molecular flexibility index (Phi) is 6.18. The molecule has 0 bridgehead atoms. The summed E-state index contributed by atoms with van der Waals surface area (Å²) in [5, 5.41) is 3.50. The predicted octanol–water partition coefficient (Wildman–Crippen LogP) is 5.70. The maximum atomic E-state index is 13.2. The summed E-state index contributed by atoms with van der Waals surface area (Å²) in [4.78, 5) is 26.3. The molecule has 4 aromatic rings. The fourth-order valence-corrected chi connectivity index (χ4v) is 3.52. The number of carbonyl (C=O) groups excluding carboxylic acids is 2. The van der Waals surface area contributed by atoms with E-state index in [4.69, 9.17) is 13.9 Å². The van der Waals surface area contributed by atoms with Crippen molar-refractivity contribution in [2.75, 3.05) is 12.4 Å². The van der Waals surface area contributed by atoms with Gasteiger partial charge in [-0.15, -0.1) is 0 Å². The summed E-state index contributed by atoms with van der Waals surface area (Å²) in [5.41, 5.74) is 3.31. The molecular formula is C27H25NO5. The molecule has 0 fully saturated rings. The Bertz CT molecular complexity index is 1320. The third-order valence-corrected chi connectivity index (χ3v) is 5.63. The highest BCUT2D eigenvalue weighted by molar-refractivity contribution is 6.17. The van der Waals surface area contributed by atoms with Gasteiger partial charge in [0.15, 0.2) is 11.9 Å². The van der Waals surface area contributed by atoms with E-state index in [-0.39, 0.29) is 17.5 Å². The molecule has 33 heavy (non-hydrogen) atoms. The SMILES string of the molecule is COc1ccc(C(=O)c2oc3ccccc3c2NC(=O)C(C)Oc2cccc(C)c2C)cc1. The van der Waals surface area contributed by atoms with Crippen molar-refractivity contribution < 1.29 is 23.5 Å². The quantitative estimate of drug-likeness (QED) is 0.371. The van der Waals surface area contributed by atoms with E-state index in [0.29, 0.717) is 33.7 Å². The second-order valence-electron chi connectivity index (χ2n) is 7.81. The number of fused-ring (bicyclic) bond motifs is 1. The van der Waals surface area contributed by atoms with Gasteiger partial charge in [0.25, 0.3) is 5.91 Å². The monoisotopic (exact) mass is 443 g/mol. The van der Waals surface area contributed by atoms with Gasteiger partial charge in [-0.25, -0.2) is 0 Å². The topological polar surface area (TPSA) is 77.8 Å². The molecule has 0 saturated heterocycles. The van der Waals surface area contributed by atoms with Crippen molar-refractivity contribution in [2.45, 2.75) is 26.9 Å². The average Bonchev–Trinajstić information content (AvgIpc) is 3.19. The van der Waals surface area contributed by atoms with Crippen LogP contribution in [0.5, 0.6) is 11.5 Å². The molecule has 1 amide bonds. The van der Waals surface area contributed by atoms with Gasteiger partial charge in [0.05, 0.1) is 12.8 Å². The van der Waals surface area contributed by atoms with Crippen LogP contribution in [0.2, 0.25) is 0 Å². The first kappa shape index (κ1) is 22.1. The van der Waals surface area contributed by atoms with Crippen LogP contribution in [0.3, 0.4) is 0 Å². The molecule has 0 saturated carbocycles. The van der Waals surface area contributed by atoms with Gasteiger partial charge in [0.1, 0.15) is 17.1 Å². The Hall–Kier alpha value is -4.06. The number of benzene rings is 3. The number of furan rings is 1. The number of amides is 1. The molecule has 0 aliphatic heterocycles. The first-order valence-corrected chi connectivity index (χ1v) is 10.6. The molecule has 6 nitrogen and oxygen atoms in total. The number of ketones is 1. The zero-order chi connectivity index (χ0) is 23.5. The Balaban J connectivity index is 1.64. The van der Waals surface area contributed by atoms with Crippen LogP contribution in [0, 0.1) is 13.8 Å². The molecule has 3 aromatic carbocycles. The summed E-state index contributed by atoms with van der Waals surface area (Å²) in [6.45, 7) is 5.61. The fourth-order valence-electron chi connectivity index (χ4n) is 3.52. The lowest BCUT2D eigenvalue weighted by Crippen LogP contribution is -2.30. The number of rotatable bonds is 7. The minimum Gasteiger partial charge on any atom is -0.497 e. The molecular weight excluding hydrogens is 418 g/mol. The van der Waals surface area contributed by atoms with Crippen molar-refractivity contribution in [2.24, 2.45) is 0 Å². The van der Waals surface area contributed by atoms with Crippen molar-refractivity contribution in [3.05, 3.63) is 89.2 Å². The maximum absolute atomic E-state index is 13.2. The van der Waals surface area contributed by atoms with Gasteiger partial charge in [0, 0.05) is 10.9 Å². The van der Waals surface area contributed by atoms with E-state index >= 15 is 0 Å². The third kappa shape index (κ3) is 4.46. The predicted molar refractivity (Wildman–Crippen MR) is 127 cm³/mol. The van der Waals surface area contributed by atoms with Gasteiger partial charge < -0.3 is 19.2 Å². The number of para-hydroxylation sites is 1. The number of nitrogens with one attached hydrogen (secondary N) is 1. The molecule has 0 aliphatic carbocycles. The van der Waals surface area contributed by atoms with E-state index < -0.39 is 6.10 Å². The molecule has 1 atom stereocenters. The molecule has 6 heteroatoms. The fraction of sp³-hybridized carbons (Fsp3) is 0.185. The number of anilines is 1. The number of carbonyl (C=O) groups is 2. The summed E-state index contributed by atoms with van der Waals surface area (Å²) >= 11 is 0. The first-order chi connectivity index (χ1) is 15.9. The summed E-state index contributed by atoms with van der Waals surface area (Å²) in [5.74, 6) is 0.624. The average molecular weight is 443 g/mol. The number of methoxy groups -OCH3 is 1. The summed E-state index contributed by atoms with van der Waals surface area (Å²) in [6, 6.07) is 19.6. The Morgan fingerprint density at radius 1 is 0.939 bits per heavy atom. The Labute approximate surface area is 192 Å². The van der Waals surface area contributed by atoms with E-state index in [2.05, 4.69) is 5.32 Å². The largest absolute Gasteiger partial charge is 0.497 e. The second kappa shape index (κ2) is 9.20. The molecule has 4 rings (SSSR count). The highest BCUT2D eigenvalue weighted by Crippen LogP contribution is 2.33. The smallest absolute Gasteiger partial charge is 0.265 e. The van der Waals surface area contributed by atoms with Crippen LogP contribution in [0.1, 0.15) is 34.2 Å². The third-order valence-electron chi connectivity index (χ3n) is 5.63. The summed E-state index contributed by atoms with van der Waals surface area (Å²) < 4.78 is 17.0. The van der Waals surface area contributed by atoms with Gasteiger partial charge in [-0.3, -0.25) is 9.59 Å². The van der Waals surface area contributed by atoms with Crippen LogP contribution in [-0.2, 0) is 4.79 Å². The highest BCUT2D eigenvalue weighted by Gasteiger charge is 2.25. The van der Waals surface area contributed by atoms with Crippen molar-refractivity contribution in [3.8, 4) is 11.5 Å². The van der Waals surface area contributed by atoms with Crippen LogP contribution in [-0.4, -0.2) is 24.9 Å². The molecule has 1 unspecified atom stereocenters. The lowest BCUT2D eigenvalue weighted by atomic mass is 10.1. The standard InChI is InChI=1S/C27H25NO5/c1-16-8-7-11-22(17(16)2)32-18(3)27(30)28-24-21-9-5-6-10-23(21)33-26(24)25(29)19-12-14-20(31-4)15-13-19/h5-15,18H,1-4H3,(H,28,30). The van der Waals surface area contributed by atoms with Crippen molar-refractivity contribution >= 4 is 28.3 Å². The van der Waals surface area contributed by atoms with Crippen molar-refractivity contribution in [3.63, 3.8) is 0 Å². The summed E-state index contributed by atoms with van der Waals surface area (Å²) in [7, 11) is 1.56. The van der Waals surface area contributed by atoms with Crippen LogP contribution in [0.25, 0.3) is 11.0 Å². The Morgan fingerprint density at radius 2 is 1.67 bits per heavy atom. The molecule has 1 aromatic heterocycles. The van der Waals surface area contributed by atoms with E-state index in [0.717, 1.165) is 11.1 Å². The van der Waals surface area contributed by atoms with Gasteiger partial charge >= 0.3 is 0 Å². The molecule has 0 spiro atoms. The van der Waals surface area contributed by atoms with Crippen LogP contribution in [0.4, 0.5) is 5.69 Å². The maximum Gasteiger partial charge on any atom is 0.265 e. The second-order valence-corrected chi connectivity index (χ2v) is 7.81. The Morgan fingerprint density at radius 3 is 2.39 bits per heavy atom. The van der Waals surface area contributed by atoms with E-state index in [9.17, 15) is 9.59 Å². The summed E-state index contributed by atoms with van der Waals surface area (Å²) in [6.07, 6.45) is -0.789. The lowest BCUT2D eigenvalue weighted by Gasteiger charge is -2.17. The van der Waals surface area contributed by atoms with Crippen molar-refractivity contribution in [1.82, 2.24) is 0 Å². The van der Waals surface area contributed by atoms with Crippen LogP contribution < -0.4 is 14.8 Å². The molecule has 168 valence electrons. The van der Waals surface area contributed by atoms with Gasteiger partial charge in [-0.05, 0) is 74.4 Å². The highest BCUT2D eigenvalue weighted by atomic mass is 16.5. The molecule has 0 radical (unpaired) electrons. The number of ether oxygens (including phenoxy) is 2. The van der Waals surface area contributed by atoms with Gasteiger partial charge in [-0.2, -0.15) is 0 Å². The van der Waals surface area contributed by atoms with Crippen LogP contribution >= 0.6 is 0 Å². The van der Waals surface area contributed by atoms with E-state index in [1.807, 2.05) is 44.2 Å². The zero-order valence-corrected chi connectivity index (χ0v) is 19.0.